The van der Waals surface area contributed by atoms with Gasteiger partial charge in [-0.15, -0.1) is 0 Å². The Morgan fingerprint density at radius 1 is 1.25 bits per heavy atom. The molecule has 0 aromatic heterocycles. The van der Waals surface area contributed by atoms with Crippen LogP contribution in [0.25, 0.3) is 0 Å². The predicted octanol–water partition coefficient (Wildman–Crippen LogP) is 2.48. The molecule has 0 unspecified atom stereocenters. The Balaban J connectivity index is 2.65. The Hall–Kier alpha value is -0.580. The normalized spacial score (nSPS) is 23.9. The molecule has 0 N–H and O–H groups in total. The fourth-order valence-electron chi connectivity index (χ4n) is 2.96. The van der Waals surface area contributed by atoms with Gasteiger partial charge in [0.15, 0.2) is 0 Å². The smallest absolute Gasteiger partial charge is 0.223 e. The minimum absolute atomic E-state index is 0.0388. The number of rotatable bonds is 5. The first kappa shape index (κ1) is 17.5. The lowest BCUT2D eigenvalue weighted by atomic mass is 9.99. The first-order valence-corrected chi connectivity index (χ1v) is 9.53. The number of hydrogen-bond acceptors (Lipinski definition) is 3. The van der Waals surface area contributed by atoms with Crippen molar-refractivity contribution in [3.63, 3.8) is 0 Å². The van der Waals surface area contributed by atoms with E-state index in [2.05, 4.69) is 6.92 Å². The van der Waals surface area contributed by atoms with Gasteiger partial charge in [-0.25, -0.2) is 8.42 Å². The fraction of sp³-hybridized carbons (Fsp3) is 0.933. The van der Waals surface area contributed by atoms with E-state index >= 15 is 0 Å². The van der Waals surface area contributed by atoms with Crippen molar-refractivity contribution in [3.05, 3.63) is 0 Å². The highest BCUT2D eigenvalue weighted by molar-refractivity contribution is 7.90. The van der Waals surface area contributed by atoms with Crippen molar-refractivity contribution in [1.82, 2.24) is 4.90 Å². The maximum atomic E-state index is 12.5. The van der Waals surface area contributed by atoms with Gasteiger partial charge in [-0.3, -0.25) is 4.79 Å². The van der Waals surface area contributed by atoms with Gasteiger partial charge in [0.2, 0.25) is 5.91 Å². The highest BCUT2D eigenvalue weighted by Gasteiger charge is 2.30. The minimum atomic E-state index is -3.04. The highest BCUT2D eigenvalue weighted by atomic mass is 32.2. The van der Waals surface area contributed by atoms with E-state index in [4.69, 9.17) is 0 Å². The van der Waals surface area contributed by atoms with E-state index in [0.717, 1.165) is 12.8 Å². The average Bonchev–Trinajstić information content (AvgIpc) is 2.60. The maximum Gasteiger partial charge on any atom is 0.223 e. The second kappa shape index (κ2) is 6.46. The van der Waals surface area contributed by atoms with Gasteiger partial charge in [-0.1, -0.05) is 13.3 Å². The molecule has 20 heavy (non-hydrogen) atoms. The molecule has 0 bridgehead atoms. The van der Waals surface area contributed by atoms with Crippen LogP contribution in [0.4, 0.5) is 0 Å². The van der Waals surface area contributed by atoms with Crippen LogP contribution in [-0.2, 0) is 14.6 Å². The van der Waals surface area contributed by atoms with Crippen molar-refractivity contribution in [2.24, 2.45) is 11.8 Å². The molecule has 1 saturated carbocycles. The van der Waals surface area contributed by atoms with Crippen LogP contribution in [0.15, 0.2) is 0 Å². The molecule has 1 aliphatic rings. The van der Waals surface area contributed by atoms with Gasteiger partial charge in [0.25, 0.3) is 0 Å². The molecule has 118 valence electrons. The Kier molecular flexibility index (Phi) is 5.64. The molecule has 1 fully saturated rings. The van der Waals surface area contributed by atoms with Crippen LogP contribution >= 0.6 is 0 Å². The molecule has 1 aliphatic carbocycles. The van der Waals surface area contributed by atoms with E-state index in [0.29, 0.717) is 24.8 Å². The van der Waals surface area contributed by atoms with Crippen molar-refractivity contribution in [3.8, 4) is 0 Å². The Bertz CT molecular complexity index is 437. The van der Waals surface area contributed by atoms with Crippen molar-refractivity contribution in [2.75, 3.05) is 18.6 Å². The lowest BCUT2D eigenvalue weighted by Gasteiger charge is -2.36. The van der Waals surface area contributed by atoms with Crippen molar-refractivity contribution in [1.29, 1.82) is 0 Å². The summed E-state index contributed by atoms with van der Waals surface area (Å²) in [5, 5.41) is 0. The van der Waals surface area contributed by atoms with Gasteiger partial charge in [0.1, 0.15) is 9.84 Å². The van der Waals surface area contributed by atoms with Crippen LogP contribution in [0.5, 0.6) is 0 Å². The first-order chi connectivity index (χ1) is 8.99. The van der Waals surface area contributed by atoms with Gasteiger partial charge in [-0.2, -0.15) is 0 Å². The zero-order valence-electron chi connectivity index (χ0n) is 13.5. The molecule has 0 spiro atoms. The molecule has 4 nitrogen and oxygen atoms in total. The summed E-state index contributed by atoms with van der Waals surface area (Å²) >= 11 is 0. The summed E-state index contributed by atoms with van der Waals surface area (Å²) in [7, 11) is -3.04. The van der Waals surface area contributed by atoms with Gasteiger partial charge in [-0.05, 0) is 45.4 Å². The molecule has 1 amide bonds. The largest absolute Gasteiger partial charge is 0.337 e. The zero-order valence-corrected chi connectivity index (χ0v) is 14.3. The van der Waals surface area contributed by atoms with Crippen LogP contribution in [0.2, 0.25) is 0 Å². The third-order valence-corrected chi connectivity index (χ3v) is 4.99. The molecule has 0 aliphatic heterocycles. The summed E-state index contributed by atoms with van der Waals surface area (Å²) in [5.74, 6) is 1.32. The number of carbonyl (C=O) groups is 1. The fourth-order valence-corrected chi connectivity index (χ4v) is 3.47. The third kappa shape index (κ3) is 5.81. The maximum absolute atomic E-state index is 12.5. The monoisotopic (exact) mass is 303 g/mol. The van der Waals surface area contributed by atoms with Crippen molar-refractivity contribution in [2.45, 2.75) is 58.9 Å². The highest BCUT2D eigenvalue weighted by Crippen LogP contribution is 2.33. The molecule has 0 saturated heterocycles. The van der Waals surface area contributed by atoms with E-state index < -0.39 is 9.84 Å². The van der Waals surface area contributed by atoms with Gasteiger partial charge in [0, 0.05) is 24.8 Å². The van der Waals surface area contributed by atoms with E-state index in [1.807, 2.05) is 20.8 Å². The van der Waals surface area contributed by atoms with Gasteiger partial charge < -0.3 is 4.90 Å². The lowest BCUT2D eigenvalue weighted by Crippen LogP contribution is -2.48. The second-order valence-electron chi connectivity index (χ2n) is 7.33. The van der Waals surface area contributed by atoms with Gasteiger partial charge in [0.05, 0.1) is 5.75 Å². The van der Waals surface area contributed by atoms with E-state index in [1.54, 1.807) is 4.90 Å². The molecule has 0 heterocycles. The molecule has 1 rings (SSSR count). The number of carbonyl (C=O) groups excluding carboxylic acids is 1. The number of nitrogens with zero attached hydrogens (tertiary/aromatic N) is 1. The van der Waals surface area contributed by atoms with Crippen LogP contribution in [0.3, 0.4) is 0 Å². The van der Waals surface area contributed by atoms with Gasteiger partial charge >= 0.3 is 0 Å². The summed E-state index contributed by atoms with van der Waals surface area (Å²) in [6.45, 7) is 8.42. The van der Waals surface area contributed by atoms with Crippen LogP contribution in [0, 0.1) is 11.8 Å². The van der Waals surface area contributed by atoms with E-state index in [1.165, 1.54) is 12.7 Å². The third-order valence-electron chi connectivity index (χ3n) is 4.06. The Labute approximate surface area is 123 Å². The second-order valence-corrected chi connectivity index (χ2v) is 9.59. The number of amides is 1. The minimum Gasteiger partial charge on any atom is -0.337 e. The number of sulfone groups is 1. The Morgan fingerprint density at radius 2 is 1.85 bits per heavy atom. The molecule has 0 aromatic carbocycles. The average molecular weight is 303 g/mol. The number of hydrogen-bond donors (Lipinski definition) is 0. The van der Waals surface area contributed by atoms with Crippen LogP contribution in [-0.4, -0.2) is 43.3 Å². The van der Waals surface area contributed by atoms with Crippen LogP contribution < -0.4 is 0 Å². The summed E-state index contributed by atoms with van der Waals surface area (Å²) in [5.41, 5.74) is -0.327. The predicted molar refractivity (Wildman–Crippen MR) is 82.3 cm³/mol. The zero-order chi connectivity index (χ0) is 15.6. The molecular weight excluding hydrogens is 274 g/mol. The molecule has 2 atom stereocenters. The summed E-state index contributed by atoms with van der Waals surface area (Å²) in [6.07, 6.45) is 5.23. The van der Waals surface area contributed by atoms with E-state index in [-0.39, 0.29) is 17.2 Å². The molecule has 0 aromatic rings. The summed E-state index contributed by atoms with van der Waals surface area (Å²) < 4.78 is 22.7. The van der Waals surface area contributed by atoms with Crippen LogP contribution in [0.1, 0.15) is 53.4 Å². The molecular formula is C15H29NO3S. The van der Waals surface area contributed by atoms with Crippen molar-refractivity contribution < 1.29 is 13.2 Å². The standard InChI is InChI=1S/C15H29NO3S/c1-12-6-7-13(10-12)11-14(17)16(15(2,3)4)8-9-20(5,18)19/h12-13H,6-11H2,1-5H3/t12-,13-/m1/s1. The Morgan fingerprint density at radius 3 is 2.25 bits per heavy atom. The molecule has 0 radical (unpaired) electrons. The first-order valence-electron chi connectivity index (χ1n) is 7.47. The van der Waals surface area contributed by atoms with E-state index in [9.17, 15) is 13.2 Å². The quantitative estimate of drug-likeness (QED) is 0.784. The molecule has 5 heteroatoms. The lowest BCUT2D eigenvalue weighted by molar-refractivity contribution is -0.136. The topological polar surface area (TPSA) is 54.5 Å². The summed E-state index contributed by atoms with van der Waals surface area (Å²) in [6, 6.07) is 0. The SMILES string of the molecule is C[C@@H]1CC[C@@H](CC(=O)N(CCS(C)(=O)=O)C(C)(C)C)C1. The van der Waals surface area contributed by atoms with Crippen molar-refractivity contribution >= 4 is 15.7 Å². The summed E-state index contributed by atoms with van der Waals surface area (Å²) in [4.78, 5) is 14.2.